The molecule has 0 spiro atoms. The van der Waals surface area contributed by atoms with Gasteiger partial charge in [-0.1, -0.05) is 18.2 Å². The standard InChI is InChI=1S/C21H14F3N3O/c22-12-19-26-17-6-1-2-7-18(17)27(19)14-10-8-13(9-11-14)25-21(28)15-4-3-5-16(23)20(15)24/h1-11H,12H2,(H,25,28). The molecule has 140 valence electrons. The minimum atomic E-state index is -1.20. The van der Waals surface area contributed by atoms with Gasteiger partial charge in [0.25, 0.3) is 5.91 Å². The highest BCUT2D eigenvalue weighted by atomic mass is 19.2. The molecule has 1 N–H and O–H groups in total. The van der Waals surface area contributed by atoms with Crippen molar-refractivity contribution in [1.82, 2.24) is 9.55 Å². The number of rotatable bonds is 4. The summed E-state index contributed by atoms with van der Waals surface area (Å²) in [5.74, 6) is -2.79. The third-order valence-electron chi connectivity index (χ3n) is 4.33. The van der Waals surface area contributed by atoms with Crippen molar-refractivity contribution in [2.24, 2.45) is 0 Å². The number of nitrogens with zero attached hydrogens (tertiary/aromatic N) is 2. The van der Waals surface area contributed by atoms with E-state index in [9.17, 15) is 18.0 Å². The van der Waals surface area contributed by atoms with Crippen LogP contribution in [0.15, 0.2) is 66.7 Å². The summed E-state index contributed by atoms with van der Waals surface area (Å²) >= 11 is 0. The Morgan fingerprint density at radius 3 is 2.46 bits per heavy atom. The molecule has 0 saturated heterocycles. The predicted octanol–water partition coefficient (Wildman–Crippen LogP) is 5.03. The molecule has 28 heavy (non-hydrogen) atoms. The molecule has 4 rings (SSSR count). The number of alkyl halides is 1. The van der Waals surface area contributed by atoms with Crippen molar-refractivity contribution in [3.63, 3.8) is 0 Å². The lowest BCUT2D eigenvalue weighted by molar-refractivity contribution is 0.102. The van der Waals surface area contributed by atoms with Gasteiger partial charge in [-0.2, -0.15) is 0 Å². The minimum absolute atomic E-state index is 0.264. The number of hydrogen-bond acceptors (Lipinski definition) is 2. The van der Waals surface area contributed by atoms with Gasteiger partial charge in [-0.25, -0.2) is 18.2 Å². The fourth-order valence-electron chi connectivity index (χ4n) is 3.03. The Bertz CT molecular complexity index is 1170. The number of aromatic nitrogens is 2. The largest absolute Gasteiger partial charge is 0.322 e. The van der Waals surface area contributed by atoms with Crippen molar-refractivity contribution in [3.8, 4) is 5.69 Å². The third kappa shape index (κ3) is 3.11. The van der Waals surface area contributed by atoms with Crippen LogP contribution in [-0.4, -0.2) is 15.5 Å². The zero-order valence-corrected chi connectivity index (χ0v) is 14.5. The second-order valence-corrected chi connectivity index (χ2v) is 6.09. The molecule has 0 aliphatic carbocycles. The lowest BCUT2D eigenvalue weighted by Gasteiger charge is -2.10. The first kappa shape index (κ1) is 17.8. The summed E-state index contributed by atoms with van der Waals surface area (Å²) in [6, 6.07) is 17.3. The summed E-state index contributed by atoms with van der Waals surface area (Å²) < 4.78 is 42.1. The number of imidazole rings is 1. The molecule has 0 radical (unpaired) electrons. The van der Waals surface area contributed by atoms with E-state index >= 15 is 0 Å². The van der Waals surface area contributed by atoms with Crippen molar-refractivity contribution < 1.29 is 18.0 Å². The maximum atomic E-state index is 13.8. The maximum absolute atomic E-state index is 13.8. The van der Waals surface area contributed by atoms with Gasteiger partial charge in [0.15, 0.2) is 11.6 Å². The Balaban J connectivity index is 1.63. The Morgan fingerprint density at radius 2 is 1.71 bits per heavy atom. The predicted molar refractivity (Wildman–Crippen MR) is 100 cm³/mol. The Hall–Kier alpha value is -3.61. The summed E-state index contributed by atoms with van der Waals surface area (Å²) in [7, 11) is 0. The number of fused-ring (bicyclic) bond motifs is 1. The molecule has 7 heteroatoms. The van der Waals surface area contributed by atoms with Crippen LogP contribution in [0.1, 0.15) is 16.2 Å². The molecule has 4 nitrogen and oxygen atoms in total. The van der Waals surface area contributed by atoms with Crippen LogP contribution in [-0.2, 0) is 6.67 Å². The average Bonchev–Trinajstić information content (AvgIpc) is 3.09. The molecule has 1 amide bonds. The highest BCUT2D eigenvalue weighted by Crippen LogP contribution is 2.23. The summed E-state index contributed by atoms with van der Waals surface area (Å²) in [5.41, 5.74) is 2.10. The number of anilines is 1. The number of amides is 1. The quantitative estimate of drug-likeness (QED) is 0.539. The van der Waals surface area contributed by atoms with Gasteiger partial charge in [0, 0.05) is 11.4 Å². The smallest absolute Gasteiger partial charge is 0.258 e. The minimum Gasteiger partial charge on any atom is -0.322 e. The van der Waals surface area contributed by atoms with Crippen molar-refractivity contribution in [2.45, 2.75) is 6.67 Å². The van der Waals surface area contributed by atoms with Crippen LogP contribution in [0.3, 0.4) is 0 Å². The number of hydrogen-bond donors (Lipinski definition) is 1. The molecule has 0 unspecified atom stereocenters. The number of benzene rings is 3. The van der Waals surface area contributed by atoms with Crippen LogP contribution in [0.4, 0.5) is 18.9 Å². The van der Waals surface area contributed by atoms with Crippen molar-refractivity contribution >= 4 is 22.6 Å². The monoisotopic (exact) mass is 381 g/mol. The van der Waals surface area contributed by atoms with Gasteiger partial charge in [0.2, 0.25) is 0 Å². The summed E-state index contributed by atoms with van der Waals surface area (Å²) in [5, 5.41) is 2.52. The topological polar surface area (TPSA) is 46.9 Å². The van der Waals surface area contributed by atoms with E-state index in [1.54, 1.807) is 34.9 Å². The van der Waals surface area contributed by atoms with Crippen LogP contribution in [0.2, 0.25) is 0 Å². The highest BCUT2D eigenvalue weighted by Gasteiger charge is 2.16. The fourth-order valence-corrected chi connectivity index (χ4v) is 3.03. The maximum Gasteiger partial charge on any atom is 0.258 e. The van der Waals surface area contributed by atoms with Gasteiger partial charge in [0.05, 0.1) is 16.6 Å². The fraction of sp³-hybridized carbons (Fsp3) is 0.0476. The Morgan fingerprint density at radius 1 is 0.964 bits per heavy atom. The second-order valence-electron chi connectivity index (χ2n) is 6.09. The van der Waals surface area contributed by atoms with E-state index in [0.717, 1.165) is 11.6 Å². The van der Waals surface area contributed by atoms with Gasteiger partial charge in [-0.15, -0.1) is 0 Å². The molecular formula is C21H14F3N3O. The van der Waals surface area contributed by atoms with E-state index in [1.165, 1.54) is 12.1 Å². The van der Waals surface area contributed by atoms with Crippen LogP contribution in [0, 0.1) is 11.6 Å². The molecule has 0 saturated carbocycles. The second kappa shape index (κ2) is 7.19. The normalized spacial score (nSPS) is 11.0. The average molecular weight is 381 g/mol. The molecule has 1 aromatic heterocycles. The number of para-hydroxylation sites is 2. The van der Waals surface area contributed by atoms with Crippen molar-refractivity contribution in [2.75, 3.05) is 5.32 Å². The SMILES string of the molecule is O=C(Nc1ccc(-n2c(CF)nc3ccccc32)cc1)c1cccc(F)c1F. The molecule has 0 bridgehead atoms. The van der Waals surface area contributed by atoms with Gasteiger partial charge in [0.1, 0.15) is 12.5 Å². The molecule has 0 aliphatic rings. The first-order chi connectivity index (χ1) is 13.6. The van der Waals surface area contributed by atoms with E-state index in [0.29, 0.717) is 16.9 Å². The molecule has 4 aromatic rings. The van der Waals surface area contributed by atoms with Crippen molar-refractivity contribution in [3.05, 3.63) is 89.8 Å². The zero-order chi connectivity index (χ0) is 19.7. The third-order valence-corrected chi connectivity index (χ3v) is 4.33. The van der Waals surface area contributed by atoms with Crippen LogP contribution in [0.5, 0.6) is 0 Å². The molecule has 0 aliphatic heterocycles. The molecule has 0 atom stereocenters. The molecule has 1 heterocycles. The van der Waals surface area contributed by atoms with E-state index in [-0.39, 0.29) is 11.4 Å². The summed E-state index contributed by atoms with van der Waals surface area (Å²) in [6.45, 7) is -0.730. The Kier molecular flexibility index (Phi) is 4.57. The van der Waals surface area contributed by atoms with E-state index < -0.39 is 24.2 Å². The Labute approximate surface area is 158 Å². The first-order valence-electron chi connectivity index (χ1n) is 8.46. The highest BCUT2D eigenvalue weighted by molar-refractivity contribution is 6.04. The number of carbonyl (C=O) groups excluding carboxylic acids is 1. The number of nitrogens with one attached hydrogen (secondary N) is 1. The lowest BCUT2D eigenvalue weighted by Crippen LogP contribution is -2.14. The first-order valence-corrected chi connectivity index (χ1v) is 8.46. The number of carbonyl (C=O) groups is 1. The molecular weight excluding hydrogens is 367 g/mol. The van der Waals surface area contributed by atoms with Crippen LogP contribution < -0.4 is 5.32 Å². The van der Waals surface area contributed by atoms with Gasteiger partial charge in [-0.05, 0) is 48.5 Å². The molecule has 3 aromatic carbocycles. The molecule has 0 fully saturated rings. The van der Waals surface area contributed by atoms with Crippen LogP contribution >= 0.6 is 0 Å². The van der Waals surface area contributed by atoms with E-state index in [4.69, 9.17) is 0 Å². The van der Waals surface area contributed by atoms with E-state index in [1.807, 2.05) is 18.2 Å². The van der Waals surface area contributed by atoms with Crippen molar-refractivity contribution in [1.29, 1.82) is 0 Å². The lowest BCUT2D eigenvalue weighted by atomic mass is 10.2. The zero-order valence-electron chi connectivity index (χ0n) is 14.5. The van der Waals surface area contributed by atoms with Crippen LogP contribution in [0.25, 0.3) is 16.7 Å². The summed E-state index contributed by atoms with van der Waals surface area (Å²) in [4.78, 5) is 16.5. The van der Waals surface area contributed by atoms with Gasteiger partial charge >= 0.3 is 0 Å². The van der Waals surface area contributed by atoms with Gasteiger partial charge in [-0.3, -0.25) is 9.36 Å². The summed E-state index contributed by atoms with van der Waals surface area (Å²) in [6.07, 6.45) is 0. The number of halogens is 3. The van der Waals surface area contributed by atoms with Gasteiger partial charge < -0.3 is 5.32 Å². The van der Waals surface area contributed by atoms with E-state index in [2.05, 4.69) is 10.3 Å².